The molecule has 1 nitrogen and oxygen atoms in total. The summed E-state index contributed by atoms with van der Waals surface area (Å²) in [7, 11) is 0. The van der Waals surface area contributed by atoms with Crippen molar-refractivity contribution >= 4 is 0 Å². The number of allylic oxidation sites excluding steroid dienone is 1. The second kappa shape index (κ2) is 11.9. The van der Waals surface area contributed by atoms with Crippen molar-refractivity contribution in [2.24, 2.45) is 0 Å². The van der Waals surface area contributed by atoms with Crippen LogP contribution >= 0.6 is 0 Å². The van der Waals surface area contributed by atoms with Crippen LogP contribution in [0.4, 0.5) is 0 Å². The van der Waals surface area contributed by atoms with Gasteiger partial charge in [0.15, 0.2) is 0 Å². The third-order valence-electron chi connectivity index (χ3n) is 2.82. The largest absolute Gasteiger partial charge is 0.373 e. The van der Waals surface area contributed by atoms with E-state index in [4.69, 9.17) is 4.74 Å². The van der Waals surface area contributed by atoms with Gasteiger partial charge in [-0.2, -0.15) is 0 Å². The highest BCUT2D eigenvalue weighted by Gasteiger charge is 1.93. The number of rotatable bonds is 11. The quantitative estimate of drug-likeness (QED) is 0.352. The molecule has 0 radical (unpaired) electrons. The molecule has 0 bridgehead atoms. The van der Waals surface area contributed by atoms with Gasteiger partial charge in [-0.1, -0.05) is 62.8 Å². The molecule has 0 rings (SSSR count). The average Bonchev–Trinajstić information content (AvgIpc) is 2.29. The summed E-state index contributed by atoms with van der Waals surface area (Å²) in [6.45, 7) is 11.7. The molecule has 0 fully saturated rings. The van der Waals surface area contributed by atoms with Crippen LogP contribution in [-0.4, -0.2) is 13.2 Å². The minimum Gasteiger partial charge on any atom is -0.373 e. The molecule has 0 saturated heterocycles. The van der Waals surface area contributed by atoms with E-state index in [1.54, 1.807) is 0 Å². The first kappa shape index (κ1) is 16.4. The van der Waals surface area contributed by atoms with E-state index in [0.717, 1.165) is 12.2 Å². The van der Waals surface area contributed by atoms with Gasteiger partial charge < -0.3 is 4.74 Å². The van der Waals surface area contributed by atoms with Crippen molar-refractivity contribution in [2.75, 3.05) is 13.2 Å². The zero-order valence-electron chi connectivity index (χ0n) is 12.1. The van der Waals surface area contributed by atoms with Crippen LogP contribution < -0.4 is 0 Å². The predicted octanol–water partition coefficient (Wildman–Crippen LogP) is 5.28. The highest BCUT2D eigenvalue weighted by molar-refractivity contribution is 4.98. The Morgan fingerprint density at radius 2 is 1.71 bits per heavy atom. The molecule has 0 aromatic rings. The lowest BCUT2D eigenvalue weighted by Gasteiger charge is -2.03. The Hall–Kier alpha value is -0.560. The van der Waals surface area contributed by atoms with Gasteiger partial charge in [0, 0.05) is 0 Å². The zero-order valence-corrected chi connectivity index (χ0v) is 12.1. The van der Waals surface area contributed by atoms with E-state index in [0.29, 0.717) is 6.61 Å². The van der Waals surface area contributed by atoms with Crippen molar-refractivity contribution in [3.8, 4) is 0 Å². The molecule has 0 aliphatic rings. The SMILES string of the molecule is C=C(C)COCC=C(C)CCCCCCCC. The van der Waals surface area contributed by atoms with Gasteiger partial charge in [0.1, 0.15) is 0 Å². The maximum Gasteiger partial charge on any atom is 0.0675 e. The highest BCUT2D eigenvalue weighted by Crippen LogP contribution is 2.11. The van der Waals surface area contributed by atoms with Crippen molar-refractivity contribution in [1.82, 2.24) is 0 Å². The molecule has 0 aromatic carbocycles. The Morgan fingerprint density at radius 1 is 1.06 bits per heavy atom. The minimum absolute atomic E-state index is 0.681. The molecule has 0 atom stereocenters. The molecule has 0 spiro atoms. The van der Waals surface area contributed by atoms with Gasteiger partial charge in [0.2, 0.25) is 0 Å². The van der Waals surface area contributed by atoms with Gasteiger partial charge in [-0.15, -0.1) is 0 Å². The van der Waals surface area contributed by atoms with Gasteiger partial charge in [-0.25, -0.2) is 0 Å². The van der Waals surface area contributed by atoms with Crippen LogP contribution in [0.15, 0.2) is 23.8 Å². The van der Waals surface area contributed by atoms with Gasteiger partial charge >= 0.3 is 0 Å². The molecule has 0 heterocycles. The van der Waals surface area contributed by atoms with Crippen LogP contribution in [0.25, 0.3) is 0 Å². The Labute approximate surface area is 108 Å². The number of unbranched alkanes of at least 4 members (excludes halogenated alkanes) is 5. The first-order valence-electron chi connectivity index (χ1n) is 7.04. The Kier molecular flexibility index (Phi) is 11.5. The van der Waals surface area contributed by atoms with Crippen molar-refractivity contribution in [1.29, 1.82) is 0 Å². The highest BCUT2D eigenvalue weighted by atomic mass is 16.5. The molecule has 0 N–H and O–H groups in total. The third kappa shape index (κ3) is 13.4. The summed E-state index contributed by atoms with van der Waals surface area (Å²) in [6.07, 6.45) is 11.7. The van der Waals surface area contributed by atoms with Gasteiger partial charge in [0.25, 0.3) is 0 Å². The van der Waals surface area contributed by atoms with Crippen LogP contribution in [-0.2, 0) is 4.74 Å². The van der Waals surface area contributed by atoms with Crippen molar-refractivity contribution in [3.05, 3.63) is 23.8 Å². The second-order valence-corrected chi connectivity index (χ2v) is 5.04. The molecular weight excluding hydrogens is 208 g/mol. The summed E-state index contributed by atoms with van der Waals surface area (Å²) < 4.78 is 5.45. The molecular formula is C16H30O. The van der Waals surface area contributed by atoms with Crippen molar-refractivity contribution in [3.63, 3.8) is 0 Å². The van der Waals surface area contributed by atoms with Crippen LogP contribution in [0.5, 0.6) is 0 Å². The Morgan fingerprint density at radius 3 is 2.35 bits per heavy atom. The van der Waals surface area contributed by atoms with Crippen LogP contribution in [0.2, 0.25) is 0 Å². The first-order chi connectivity index (χ1) is 8.16. The van der Waals surface area contributed by atoms with Crippen LogP contribution in [0.1, 0.15) is 65.7 Å². The second-order valence-electron chi connectivity index (χ2n) is 5.04. The molecule has 0 aliphatic carbocycles. The van der Waals surface area contributed by atoms with E-state index >= 15 is 0 Å². The zero-order chi connectivity index (χ0) is 12.9. The van der Waals surface area contributed by atoms with Crippen LogP contribution in [0, 0.1) is 0 Å². The molecule has 0 aromatic heterocycles. The first-order valence-corrected chi connectivity index (χ1v) is 7.04. The number of hydrogen-bond donors (Lipinski definition) is 0. The lowest BCUT2D eigenvalue weighted by Crippen LogP contribution is -1.95. The summed E-state index contributed by atoms with van der Waals surface area (Å²) in [5, 5.41) is 0. The molecule has 0 amide bonds. The van der Waals surface area contributed by atoms with Crippen molar-refractivity contribution < 1.29 is 4.74 Å². The molecule has 100 valence electrons. The smallest absolute Gasteiger partial charge is 0.0675 e. The summed E-state index contributed by atoms with van der Waals surface area (Å²) >= 11 is 0. The summed E-state index contributed by atoms with van der Waals surface area (Å²) in [6, 6.07) is 0. The average molecular weight is 238 g/mol. The standard InChI is InChI=1S/C16H30O/c1-5-6-7-8-9-10-11-16(4)12-13-17-14-15(2)3/h12H,2,5-11,13-14H2,1,3-4H3. The summed E-state index contributed by atoms with van der Waals surface area (Å²) in [5.41, 5.74) is 2.55. The fourth-order valence-electron chi connectivity index (χ4n) is 1.72. The number of ether oxygens (including phenoxy) is 1. The third-order valence-corrected chi connectivity index (χ3v) is 2.82. The minimum atomic E-state index is 0.681. The van der Waals surface area contributed by atoms with Gasteiger partial charge in [-0.05, 0) is 26.7 Å². The Balaban J connectivity index is 3.34. The summed E-state index contributed by atoms with van der Waals surface area (Å²) in [5.74, 6) is 0. The Bertz CT molecular complexity index is 216. The fourth-order valence-corrected chi connectivity index (χ4v) is 1.72. The molecule has 1 heteroatoms. The topological polar surface area (TPSA) is 9.23 Å². The lowest BCUT2D eigenvalue weighted by atomic mass is 10.1. The fraction of sp³-hybridized carbons (Fsp3) is 0.750. The predicted molar refractivity (Wildman–Crippen MR) is 77.4 cm³/mol. The molecule has 0 saturated carbocycles. The van der Waals surface area contributed by atoms with Crippen molar-refractivity contribution in [2.45, 2.75) is 65.7 Å². The van der Waals surface area contributed by atoms with E-state index in [-0.39, 0.29) is 0 Å². The van der Waals surface area contributed by atoms with E-state index in [1.807, 2.05) is 6.92 Å². The van der Waals surface area contributed by atoms with E-state index in [9.17, 15) is 0 Å². The molecule has 17 heavy (non-hydrogen) atoms. The monoisotopic (exact) mass is 238 g/mol. The normalized spacial score (nSPS) is 11.8. The van der Waals surface area contributed by atoms with Gasteiger partial charge in [0.05, 0.1) is 13.2 Å². The summed E-state index contributed by atoms with van der Waals surface area (Å²) in [4.78, 5) is 0. The lowest BCUT2D eigenvalue weighted by molar-refractivity contribution is 0.186. The van der Waals surface area contributed by atoms with E-state index < -0.39 is 0 Å². The number of hydrogen-bond acceptors (Lipinski definition) is 1. The van der Waals surface area contributed by atoms with Gasteiger partial charge in [-0.3, -0.25) is 0 Å². The maximum absolute atomic E-state index is 5.45. The molecule has 0 aliphatic heterocycles. The van der Waals surface area contributed by atoms with E-state index in [1.165, 1.54) is 50.5 Å². The van der Waals surface area contributed by atoms with E-state index in [2.05, 4.69) is 26.5 Å². The maximum atomic E-state index is 5.45. The van der Waals surface area contributed by atoms with Crippen LogP contribution in [0.3, 0.4) is 0 Å². The molecule has 0 unspecified atom stereocenters.